The van der Waals surface area contributed by atoms with Crippen molar-refractivity contribution in [2.45, 2.75) is 199 Å². The first-order valence-corrected chi connectivity index (χ1v) is 27.1. The van der Waals surface area contributed by atoms with Crippen molar-refractivity contribution in [1.29, 1.82) is 0 Å². The molecule has 0 atom stereocenters. The molecule has 426 valence electrons. The molecule has 0 aliphatic carbocycles. The van der Waals surface area contributed by atoms with E-state index in [-0.39, 0.29) is 55.4 Å². The summed E-state index contributed by atoms with van der Waals surface area (Å²) in [5.41, 5.74) is 34.7. The van der Waals surface area contributed by atoms with E-state index in [0.717, 1.165) is 55.5 Å². The number of anilines is 3. The molecule has 0 fully saturated rings. The minimum atomic E-state index is -0.217. The Morgan fingerprint density at radius 2 is 0.671 bits per heavy atom. The number of hydrogen-bond donors (Lipinski definition) is 6. The van der Waals surface area contributed by atoms with E-state index >= 15 is 0 Å². The van der Waals surface area contributed by atoms with Crippen LogP contribution in [0.5, 0.6) is 17.2 Å². The number of nitrogen functional groups attached to an aromatic ring is 3. The quantitative estimate of drug-likeness (QED) is 0.0559. The molecule has 0 saturated carbocycles. The summed E-state index contributed by atoms with van der Waals surface area (Å²) in [4.78, 5) is 12.3. The van der Waals surface area contributed by atoms with Crippen molar-refractivity contribution < 1.29 is 15.3 Å². The van der Waals surface area contributed by atoms with Crippen molar-refractivity contribution in [1.82, 2.24) is 15.0 Å². The molecule has 13 heteroatoms. The van der Waals surface area contributed by atoms with Crippen molar-refractivity contribution in [3.63, 3.8) is 0 Å². The Balaban J connectivity index is 0.000000239. The number of nitrogens with zero attached hydrogens (tertiary/aromatic N) is 6. The molecule has 0 unspecified atom stereocenters. The average molecular weight is 1080 g/mol. The average Bonchev–Trinajstić information content (AvgIpc) is 3.70. The zero-order valence-electron chi connectivity index (χ0n) is 52.1. The highest BCUT2D eigenvalue weighted by Crippen LogP contribution is 2.44. The zero-order valence-corrected chi connectivity index (χ0v) is 52.1. The molecule has 9 N–H and O–H groups in total. The third-order valence-electron chi connectivity index (χ3n) is 14.2. The maximum atomic E-state index is 11.0. The summed E-state index contributed by atoms with van der Waals surface area (Å²) in [7, 11) is 0. The van der Waals surface area contributed by atoms with Crippen molar-refractivity contribution in [3.8, 4) is 22.9 Å². The number of aromatic nitrogens is 3. The van der Waals surface area contributed by atoms with Gasteiger partial charge < -0.3 is 32.5 Å². The normalized spacial score (nSPS) is 12.4. The third kappa shape index (κ3) is 16.2. The second kappa shape index (κ2) is 23.6. The van der Waals surface area contributed by atoms with Crippen LogP contribution in [0.1, 0.15) is 191 Å². The van der Waals surface area contributed by atoms with Gasteiger partial charge in [0.1, 0.15) is 51.0 Å². The number of phenols is 3. The van der Waals surface area contributed by atoms with Gasteiger partial charge in [0.15, 0.2) is 0 Å². The third-order valence-corrected chi connectivity index (χ3v) is 14.2. The van der Waals surface area contributed by atoms with Gasteiger partial charge in [0.2, 0.25) is 0 Å². The van der Waals surface area contributed by atoms with Gasteiger partial charge in [0.25, 0.3) is 0 Å². The monoisotopic (exact) mass is 1080 g/mol. The van der Waals surface area contributed by atoms with Gasteiger partial charge in [-0.15, -0.1) is 30.1 Å². The van der Waals surface area contributed by atoms with E-state index in [1.807, 2.05) is 103 Å². The Hall–Kier alpha value is -7.28. The van der Waals surface area contributed by atoms with Gasteiger partial charge >= 0.3 is 0 Å². The Morgan fingerprint density at radius 3 is 1.04 bits per heavy atom. The van der Waals surface area contributed by atoms with Gasteiger partial charge in [-0.25, -0.2) is 0 Å². The number of aromatic hydroxyl groups is 3. The summed E-state index contributed by atoms with van der Waals surface area (Å²) in [6.45, 7) is 50.0. The van der Waals surface area contributed by atoms with Crippen molar-refractivity contribution in [3.05, 3.63) is 144 Å². The van der Waals surface area contributed by atoms with Gasteiger partial charge in [0.05, 0.1) is 17.1 Å². The number of phenolic OH excluding ortho intramolecular Hbond substituents is 3. The number of rotatable bonds is 4. The molecular formula is C66H93N9O4. The highest BCUT2D eigenvalue weighted by atomic mass is 16.3. The van der Waals surface area contributed by atoms with Crippen LogP contribution in [0.15, 0.2) is 88.2 Å². The standard InChI is InChI=1S/C22H29N3O.C22H31N3O.C14H21NO2.C8H12N2/c1-13-9-17-18(10-14(13)2)24-25(23-17)19-12-15(21(3,4)5)11-16(20(19)26)22(6,7)8;1-13-9-17(23)18(10-14(13)2)24-25-19-12-15(21(3,4)5)11-16(20(19)26)22(6,7)8;1-13(2,3)9-7-10(14(4,5)6)12(16)11(8-9)15-17;1-5-3-7(9)8(10)4-6(5)2/h9-12,26H,1-8H3;9-12,26H,23H2,1-8H3;7-8,16H,1-6H3;3-4H,9-10H2,1-2H3. The second-order valence-electron chi connectivity index (χ2n) is 27.4. The topological polar surface area (TPSA) is 224 Å². The number of nitroso groups, excluding NO2 is 1. The highest BCUT2D eigenvalue weighted by Gasteiger charge is 2.29. The molecular weight excluding hydrogens is 983 g/mol. The molecule has 7 aromatic rings. The minimum Gasteiger partial charge on any atom is -0.505 e. The first-order chi connectivity index (χ1) is 35.9. The molecule has 1 heterocycles. The molecule has 0 saturated heterocycles. The van der Waals surface area contributed by atoms with Crippen LogP contribution in [0.25, 0.3) is 16.7 Å². The molecule has 0 bridgehead atoms. The molecule has 0 aliphatic rings. The molecule has 13 nitrogen and oxygen atoms in total. The van der Waals surface area contributed by atoms with Crippen LogP contribution in [0.4, 0.5) is 34.1 Å². The summed E-state index contributed by atoms with van der Waals surface area (Å²) >= 11 is 0. The largest absolute Gasteiger partial charge is 0.505 e. The molecule has 79 heavy (non-hydrogen) atoms. The zero-order chi connectivity index (χ0) is 60.5. The van der Waals surface area contributed by atoms with Gasteiger partial charge in [-0.2, -0.15) is 0 Å². The van der Waals surface area contributed by atoms with Crippen LogP contribution in [-0.4, -0.2) is 30.3 Å². The van der Waals surface area contributed by atoms with Crippen LogP contribution in [-0.2, 0) is 32.5 Å². The lowest BCUT2D eigenvalue weighted by molar-refractivity contribution is 0.438. The van der Waals surface area contributed by atoms with Crippen LogP contribution >= 0.6 is 0 Å². The number of azo groups is 1. The summed E-state index contributed by atoms with van der Waals surface area (Å²) in [5.74, 6) is 0.427. The van der Waals surface area contributed by atoms with Crippen LogP contribution in [0.2, 0.25) is 0 Å². The van der Waals surface area contributed by atoms with Crippen molar-refractivity contribution in [2.24, 2.45) is 15.4 Å². The van der Waals surface area contributed by atoms with Crippen LogP contribution < -0.4 is 17.2 Å². The van der Waals surface area contributed by atoms with E-state index in [4.69, 9.17) is 17.2 Å². The summed E-state index contributed by atoms with van der Waals surface area (Å²) in [6, 6.07) is 23.4. The molecule has 0 aliphatic heterocycles. The molecule has 0 amide bonds. The first kappa shape index (κ1) is 64.2. The summed E-state index contributed by atoms with van der Waals surface area (Å²) in [5, 5.41) is 52.7. The number of nitrogens with two attached hydrogens (primary N) is 3. The Bertz CT molecular complexity index is 3290. The van der Waals surface area contributed by atoms with E-state index in [9.17, 15) is 20.2 Å². The summed E-state index contributed by atoms with van der Waals surface area (Å²) in [6.07, 6.45) is 0. The second-order valence-corrected chi connectivity index (χ2v) is 27.4. The molecule has 1 aromatic heterocycles. The van der Waals surface area contributed by atoms with Crippen LogP contribution in [0, 0.1) is 46.4 Å². The maximum absolute atomic E-state index is 11.0. The van der Waals surface area contributed by atoms with E-state index < -0.39 is 0 Å². The lowest BCUT2D eigenvalue weighted by Gasteiger charge is -2.27. The molecule has 6 aromatic carbocycles. The minimum absolute atomic E-state index is 0.000463. The van der Waals surface area contributed by atoms with Gasteiger partial charge in [-0.05, 0) is 184 Å². The molecule has 0 spiro atoms. The Labute approximate surface area is 472 Å². The van der Waals surface area contributed by atoms with Crippen molar-refractivity contribution >= 4 is 45.2 Å². The Kier molecular flexibility index (Phi) is 19.2. The van der Waals surface area contributed by atoms with E-state index in [0.29, 0.717) is 34.1 Å². The molecule has 7 rings (SSSR count). The predicted molar refractivity (Wildman–Crippen MR) is 333 cm³/mol. The number of fused-ring (bicyclic) bond motifs is 1. The maximum Gasteiger partial charge on any atom is 0.150 e. The smallest absolute Gasteiger partial charge is 0.150 e. The summed E-state index contributed by atoms with van der Waals surface area (Å²) < 4.78 is 0. The number of benzene rings is 6. The lowest BCUT2D eigenvalue weighted by atomic mass is 9.80. The predicted octanol–water partition coefficient (Wildman–Crippen LogP) is 17.8. The highest BCUT2D eigenvalue weighted by molar-refractivity contribution is 5.76. The number of aryl methyl sites for hydroxylation is 6. The van der Waals surface area contributed by atoms with Gasteiger partial charge in [0, 0.05) is 16.7 Å². The first-order valence-electron chi connectivity index (χ1n) is 27.1. The van der Waals surface area contributed by atoms with Gasteiger partial charge in [-0.1, -0.05) is 143 Å². The lowest BCUT2D eigenvalue weighted by Crippen LogP contribution is -2.18. The fourth-order valence-corrected chi connectivity index (χ4v) is 8.33. The fourth-order valence-electron chi connectivity index (χ4n) is 8.33. The van der Waals surface area contributed by atoms with E-state index in [1.54, 1.807) is 10.9 Å². The number of hydrogen-bond acceptors (Lipinski definition) is 12. The SMILES string of the molecule is CC(C)(C)c1cc(N=O)c(O)c(C(C)(C)C)c1.Cc1cc(N)c(N)cc1C.Cc1cc(N)c(N=Nc2cc(C(C)(C)C)cc(C(C)(C)C)c2O)cc1C.Cc1cc2nn(-c3cc(C(C)(C)C)cc(C(C)(C)C)c3O)nc2cc1C. The van der Waals surface area contributed by atoms with E-state index in [2.05, 4.69) is 155 Å². The van der Waals surface area contributed by atoms with Crippen LogP contribution in [0.3, 0.4) is 0 Å². The van der Waals surface area contributed by atoms with Crippen molar-refractivity contribution in [2.75, 3.05) is 17.2 Å². The fraction of sp³-hybridized carbons (Fsp3) is 0.455. The molecule has 0 radical (unpaired) electrons. The van der Waals surface area contributed by atoms with Gasteiger partial charge in [-0.3, -0.25) is 0 Å². The van der Waals surface area contributed by atoms with E-state index in [1.165, 1.54) is 22.3 Å². The Morgan fingerprint density at radius 1 is 0.367 bits per heavy atom.